The smallest absolute Gasteiger partial charge is 1.00 e. The standard InChI is InChI=1S/C20H13FN2O5S.Na.H/c21-10-5-7-11(8-6-10)23-14-9-15(29(26,27)28)18(22)17-16(14)19(24)12-3-1-2-4-13(12)20(17)25;;/h1-9,23H,22H2,(H,26,27,28);;/q;+1;-1. The van der Waals surface area contributed by atoms with E-state index in [-0.39, 0.29) is 58.9 Å². The summed E-state index contributed by atoms with van der Waals surface area (Å²) in [6.07, 6.45) is 0. The van der Waals surface area contributed by atoms with Crippen LogP contribution in [0.15, 0.2) is 59.5 Å². The summed E-state index contributed by atoms with van der Waals surface area (Å²) in [5.74, 6) is -1.66. The van der Waals surface area contributed by atoms with Crippen LogP contribution < -0.4 is 40.6 Å². The van der Waals surface area contributed by atoms with Crippen LogP contribution in [-0.4, -0.2) is 24.5 Å². The monoisotopic (exact) mass is 436 g/mol. The van der Waals surface area contributed by atoms with E-state index in [2.05, 4.69) is 5.32 Å². The van der Waals surface area contributed by atoms with Gasteiger partial charge in [0.05, 0.1) is 22.5 Å². The Bertz CT molecular complexity index is 1310. The van der Waals surface area contributed by atoms with Crippen molar-refractivity contribution in [1.29, 1.82) is 0 Å². The molecule has 0 heterocycles. The van der Waals surface area contributed by atoms with Crippen molar-refractivity contribution in [3.8, 4) is 0 Å². The van der Waals surface area contributed by atoms with Crippen molar-refractivity contribution >= 4 is 38.7 Å². The zero-order chi connectivity index (χ0) is 20.9. The minimum absolute atomic E-state index is 0. The molecule has 4 rings (SSSR count). The number of halogens is 1. The second-order valence-corrected chi connectivity index (χ2v) is 7.79. The summed E-state index contributed by atoms with van der Waals surface area (Å²) in [5.41, 5.74) is 5.45. The first-order valence-corrected chi connectivity index (χ1v) is 9.77. The topological polar surface area (TPSA) is 127 Å². The molecule has 1 aliphatic rings. The van der Waals surface area contributed by atoms with Gasteiger partial charge >= 0.3 is 29.6 Å². The molecule has 30 heavy (non-hydrogen) atoms. The zero-order valence-electron chi connectivity index (χ0n) is 16.6. The van der Waals surface area contributed by atoms with E-state index in [0.29, 0.717) is 5.69 Å². The second kappa shape index (κ2) is 7.93. The van der Waals surface area contributed by atoms with E-state index in [4.69, 9.17) is 5.73 Å². The number of nitrogens with one attached hydrogen (secondary N) is 1. The molecular weight excluding hydrogens is 422 g/mol. The molecule has 7 nitrogen and oxygen atoms in total. The van der Waals surface area contributed by atoms with Crippen molar-refractivity contribution in [1.82, 2.24) is 0 Å². The van der Waals surface area contributed by atoms with Crippen molar-refractivity contribution in [3.63, 3.8) is 0 Å². The average Bonchev–Trinajstić information content (AvgIpc) is 2.68. The predicted molar refractivity (Wildman–Crippen MR) is 105 cm³/mol. The summed E-state index contributed by atoms with van der Waals surface area (Å²) in [6.45, 7) is 0. The first-order valence-electron chi connectivity index (χ1n) is 8.33. The predicted octanol–water partition coefficient (Wildman–Crippen LogP) is 0.290. The normalized spacial score (nSPS) is 12.6. The SMILES string of the molecule is Nc1c(S(=O)(=O)O)cc(Nc2ccc(F)cc2)c2c1C(=O)c1ccccc1C2=O.[H-].[Na+]. The number of fused-ring (bicyclic) bond motifs is 2. The molecule has 0 spiro atoms. The Morgan fingerprint density at radius 3 is 2.00 bits per heavy atom. The third-order valence-electron chi connectivity index (χ3n) is 4.60. The summed E-state index contributed by atoms with van der Waals surface area (Å²) < 4.78 is 46.4. The van der Waals surface area contributed by atoms with Gasteiger partial charge in [0.15, 0.2) is 11.6 Å². The second-order valence-electron chi connectivity index (χ2n) is 6.40. The summed E-state index contributed by atoms with van der Waals surface area (Å²) in [4.78, 5) is 25.4. The molecular formula is C20H14FN2NaO5S. The Hall–Kier alpha value is -2.56. The Labute approximate surface area is 194 Å². The molecule has 0 saturated carbocycles. The molecule has 3 aromatic carbocycles. The number of benzene rings is 3. The van der Waals surface area contributed by atoms with Crippen molar-refractivity contribution in [3.05, 3.63) is 82.7 Å². The molecule has 0 amide bonds. The molecule has 3 aromatic rings. The molecule has 1 aliphatic carbocycles. The minimum Gasteiger partial charge on any atom is -1.00 e. The van der Waals surface area contributed by atoms with Crippen LogP contribution in [0, 0.1) is 5.82 Å². The van der Waals surface area contributed by atoms with Gasteiger partial charge in [-0.2, -0.15) is 8.42 Å². The van der Waals surface area contributed by atoms with Gasteiger partial charge in [0.2, 0.25) is 0 Å². The Morgan fingerprint density at radius 1 is 0.933 bits per heavy atom. The third-order valence-corrected chi connectivity index (χ3v) is 5.49. The number of nitrogens with two attached hydrogens (primary N) is 1. The van der Waals surface area contributed by atoms with Crippen LogP contribution >= 0.6 is 0 Å². The number of hydrogen-bond donors (Lipinski definition) is 3. The fraction of sp³-hybridized carbons (Fsp3) is 0. The molecule has 0 atom stereocenters. The van der Waals surface area contributed by atoms with Gasteiger partial charge in [-0.05, 0) is 30.3 Å². The number of hydrogen-bond acceptors (Lipinski definition) is 6. The maximum Gasteiger partial charge on any atom is 1.00 e. The first kappa shape index (κ1) is 22.1. The number of carbonyl (C=O) groups excluding carboxylic acids is 2. The third kappa shape index (κ3) is 3.66. The van der Waals surface area contributed by atoms with Gasteiger partial charge in [-0.1, -0.05) is 24.3 Å². The van der Waals surface area contributed by atoms with E-state index in [1.54, 1.807) is 12.1 Å². The molecule has 0 aliphatic heterocycles. The summed E-state index contributed by atoms with van der Waals surface area (Å²) >= 11 is 0. The maximum absolute atomic E-state index is 13.2. The van der Waals surface area contributed by atoms with Gasteiger partial charge in [0, 0.05) is 16.8 Å². The van der Waals surface area contributed by atoms with E-state index in [0.717, 1.165) is 18.2 Å². The van der Waals surface area contributed by atoms with Crippen LogP contribution in [0.1, 0.15) is 33.3 Å². The summed E-state index contributed by atoms with van der Waals surface area (Å²) in [5, 5.41) is 2.81. The largest absolute Gasteiger partial charge is 1.00 e. The molecule has 4 N–H and O–H groups in total. The van der Waals surface area contributed by atoms with Gasteiger partial charge in [-0.3, -0.25) is 14.1 Å². The minimum atomic E-state index is -4.80. The van der Waals surface area contributed by atoms with Gasteiger partial charge in [0.25, 0.3) is 10.1 Å². The number of nitrogen functional groups attached to an aromatic ring is 1. The molecule has 0 radical (unpaired) electrons. The van der Waals surface area contributed by atoms with E-state index in [1.165, 1.54) is 24.3 Å². The number of ketones is 2. The van der Waals surface area contributed by atoms with Crippen LogP contribution in [-0.2, 0) is 10.1 Å². The van der Waals surface area contributed by atoms with Crippen molar-refractivity contribution < 1.29 is 57.9 Å². The maximum atomic E-state index is 13.2. The molecule has 0 aromatic heterocycles. The number of carbonyl (C=O) groups is 2. The number of anilines is 3. The van der Waals surface area contributed by atoms with Gasteiger partial charge in [0.1, 0.15) is 10.7 Å². The Kier molecular flexibility index (Phi) is 5.85. The van der Waals surface area contributed by atoms with Gasteiger partial charge < -0.3 is 12.5 Å². The Balaban J connectivity index is 0.00000171. The molecule has 0 bridgehead atoms. The van der Waals surface area contributed by atoms with E-state index in [1.807, 2.05) is 0 Å². The summed E-state index contributed by atoms with van der Waals surface area (Å²) in [7, 11) is -4.80. The molecule has 10 heteroatoms. The fourth-order valence-corrected chi connectivity index (χ4v) is 3.94. The number of rotatable bonds is 3. The zero-order valence-corrected chi connectivity index (χ0v) is 18.5. The molecule has 148 valence electrons. The molecule has 0 unspecified atom stereocenters. The fourth-order valence-electron chi connectivity index (χ4n) is 3.29. The van der Waals surface area contributed by atoms with Crippen LogP contribution in [0.2, 0.25) is 0 Å². The van der Waals surface area contributed by atoms with E-state index < -0.39 is 38.1 Å². The molecule has 0 fully saturated rings. The summed E-state index contributed by atoms with van der Waals surface area (Å²) in [6, 6.07) is 12.1. The quantitative estimate of drug-likeness (QED) is 0.239. The van der Waals surface area contributed by atoms with Crippen LogP contribution in [0.5, 0.6) is 0 Å². The van der Waals surface area contributed by atoms with Crippen molar-refractivity contribution in [2.45, 2.75) is 4.90 Å². The van der Waals surface area contributed by atoms with Crippen LogP contribution in [0.3, 0.4) is 0 Å². The van der Waals surface area contributed by atoms with Crippen LogP contribution in [0.25, 0.3) is 0 Å². The van der Waals surface area contributed by atoms with E-state index in [9.17, 15) is 27.0 Å². The van der Waals surface area contributed by atoms with Crippen molar-refractivity contribution in [2.75, 3.05) is 11.1 Å². The average molecular weight is 436 g/mol. The first-order chi connectivity index (χ1) is 13.7. The van der Waals surface area contributed by atoms with E-state index >= 15 is 0 Å². The molecule has 0 saturated heterocycles. The van der Waals surface area contributed by atoms with Crippen molar-refractivity contribution in [2.24, 2.45) is 0 Å². The van der Waals surface area contributed by atoms with Crippen LogP contribution in [0.4, 0.5) is 21.5 Å². The van der Waals surface area contributed by atoms with Gasteiger partial charge in [-0.25, -0.2) is 4.39 Å². The van der Waals surface area contributed by atoms with Gasteiger partial charge in [-0.15, -0.1) is 0 Å². The Morgan fingerprint density at radius 2 is 1.47 bits per heavy atom.